The highest BCUT2D eigenvalue weighted by Gasteiger charge is 2.28. The van der Waals surface area contributed by atoms with E-state index >= 15 is 0 Å². The van der Waals surface area contributed by atoms with Crippen molar-refractivity contribution in [2.75, 3.05) is 18.5 Å². The predicted molar refractivity (Wildman–Crippen MR) is 57.0 cm³/mol. The summed E-state index contributed by atoms with van der Waals surface area (Å²) >= 11 is 11.5. The molecule has 0 spiro atoms. The van der Waals surface area contributed by atoms with Gasteiger partial charge in [-0.05, 0) is 12.1 Å². The lowest BCUT2D eigenvalue weighted by Crippen LogP contribution is -2.19. The van der Waals surface area contributed by atoms with Crippen LogP contribution in [0.3, 0.4) is 0 Å². The number of anilines is 1. The quantitative estimate of drug-likeness (QED) is 0.839. The summed E-state index contributed by atoms with van der Waals surface area (Å²) in [6.45, 7) is -0.508. The number of nitrogens with one attached hydrogen (secondary N) is 1. The summed E-state index contributed by atoms with van der Waals surface area (Å²) in [5.41, 5.74) is 0.472. The van der Waals surface area contributed by atoms with E-state index in [1.54, 1.807) is 18.2 Å². The number of halogens is 5. The molecule has 90 valence electrons. The van der Waals surface area contributed by atoms with Crippen molar-refractivity contribution in [2.45, 2.75) is 6.36 Å². The van der Waals surface area contributed by atoms with Crippen LogP contribution in [0.5, 0.6) is 0 Å². The normalized spacial score (nSPS) is 11.6. The maximum atomic E-state index is 11.6. The number of rotatable bonds is 4. The summed E-state index contributed by atoms with van der Waals surface area (Å²) in [6, 6.07) is 4.84. The molecule has 0 aliphatic rings. The number of hydrogen-bond donors (Lipinski definition) is 1. The molecule has 0 saturated carbocycles. The molecule has 1 N–H and O–H groups in total. The maximum absolute atomic E-state index is 11.6. The summed E-state index contributed by atoms with van der Waals surface area (Å²) < 4.78 is 38.5. The van der Waals surface area contributed by atoms with Gasteiger partial charge in [0.2, 0.25) is 0 Å². The van der Waals surface area contributed by atoms with Gasteiger partial charge >= 0.3 is 6.36 Å². The fraction of sp³-hybridized carbons (Fsp3) is 0.333. The molecule has 0 saturated heterocycles. The fourth-order valence-electron chi connectivity index (χ4n) is 0.993. The lowest BCUT2D eigenvalue weighted by molar-refractivity contribution is -0.322. The zero-order chi connectivity index (χ0) is 12.2. The Kier molecular flexibility index (Phi) is 4.70. The Morgan fingerprint density at radius 2 is 1.94 bits per heavy atom. The highest BCUT2D eigenvalue weighted by Crippen LogP contribution is 2.29. The minimum Gasteiger partial charge on any atom is -0.381 e. The van der Waals surface area contributed by atoms with Gasteiger partial charge in [0.15, 0.2) is 0 Å². The lowest BCUT2D eigenvalue weighted by atomic mass is 10.3. The molecule has 0 heterocycles. The van der Waals surface area contributed by atoms with Crippen LogP contribution in [-0.2, 0) is 4.74 Å². The van der Waals surface area contributed by atoms with Crippen LogP contribution in [0.15, 0.2) is 18.2 Å². The van der Waals surface area contributed by atoms with Crippen molar-refractivity contribution in [1.82, 2.24) is 0 Å². The third kappa shape index (κ3) is 4.47. The van der Waals surface area contributed by atoms with Crippen LogP contribution >= 0.6 is 23.2 Å². The van der Waals surface area contributed by atoms with E-state index < -0.39 is 13.0 Å². The molecule has 0 unspecified atom stereocenters. The van der Waals surface area contributed by atoms with Gasteiger partial charge in [0.1, 0.15) is 0 Å². The first-order valence-corrected chi connectivity index (χ1v) is 5.04. The summed E-state index contributed by atoms with van der Waals surface area (Å²) in [7, 11) is 0. The average Bonchev–Trinajstić information content (AvgIpc) is 2.17. The molecule has 0 aliphatic heterocycles. The summed E-state index contributed by atoms with van der Waals surface area (Å²) in [5, 5.41) is 3.30. The third-order valence-electron chi connectivity index (χ3n) is 1.63. The largest absolute Gasteiger partial charge is 0.522 e. The Morgan fingerprint density at radius 3 is 2.56 bits per heavy atom. The molecule has 2 nitrogen and oxygen atoms in total. The van der Waals surface area contributed by atoms with E-state index in [-0.39, 0.29) is 11.6 Å². The molecule has 0 radical (unpaired) electrons. The van der Waals surface area contributed by atoms with Crippen molar-refractivity contribution in [2.24, 2.45) is 0 Å². The number of hydrogen-bond acceptors (Lipinski definition) is 2. The monoisotopic (exact) mass is 273 g/mol. The molecule has 1 rings (SSSR count). The highest BCUT2D eigenvalue weighted by molar-refractivity contribution is 6.43. The van der Waals surface area contributed by atoms with Crippen LogP contribution in [0.2, 0.25) is 10.0 Å². The Labute approximate surface area is 100 Å². The zero-order valence-electron chi connectivity index (χ0n) is 7.94. The van der Waals surface area contributed by atoms with E-state index in [0.29, 0.717) is 10.7 Å². The van der Waals surface area contributed by atoms with Crippen LogP contribution in [0.1, 0.15) is 0 Å². The minimum absolute atomic E-state index is 0.0143. The molecule has 1 aromatic carbocycles. The van der Waals surface area contributed by atoms with Crippen LogP contribution in [0.25, 0.3) is 0 Å². The highest BCUT2D eigenvalue weighted by atomic mass is 35.5. The van der Waals surface area contributed by atoms with Gasteiger partial charge in [-0.3, -0.25) is 4.74 Å². The van der Waals surface area contributed by atoms with Gasteiger partial charge in [-0.2, -0.15) is 0 Å². The first-order valence-electron chi connectivity index (χ1n) is 4.29. The van der Waals surface area contributed by atoms with Gasteiger partial charge < -0.3 is 5.32 Å². The number of benzene rings is 1. The van der Waals surface area contributed by atoms with Gasteiger partial charge in [-0.25, -0.2) is 0 Å². The second kappa shape index (κ2) is 5.61. The van der Waals surface area contributed by atoms with Crippen molar-refractivity contribution < 1.29 is 17.9 Å². The number of ether oxygens (including phenoxy) is 1. The van der Waals surface area contributed by atoms with Crippen LogP contribution in [0.4, 0.5) is 18.9 Å². The Bertz CT molecular complexity index is 357. The van der Waals surface area contributed by atoms with Crippen molar-refractivity contribution in [3.05, 3.63) is 28.2 Å². The summed E-state index contributed by atoms with van der Waals surface area (Å²) in [5.74, 6) is 0. The fourth-order valence-corrected chi connectivity index (χ4v) is 1.36. The smallest absolute Gasteiger partial charge is 0.381 e. The van der Waals surface area contributed by atoms with Crippen molar-refractivity contribution in [3.63, 3.8) is 0 Å². The molecule has 0 bridgehead atoms. The SMILES string of the molecule is FC(F)(F)OCCNc1cccc(Cl)c1Cl. The van der Waals surface area contributed by atoms with E-state index in [1.807, 2.05) is 0 Å². The topological polar surface area (TPSA) is 21.3 Å². The van der Waals surface area contributed by atoms with Crippen molar-refractivity contribution in [1.29, 1.82) is 0 Å². The predicted octanol–water partition coefficient (Wildman–Crippen LogP) is 3.94. The lowest BCUT2D eigenvalue weighted by Gasteiger charge is -2.10. The van der Waals surface area contributed by atoms with Gasteiger partial charge in [0, 0.05) is 6.54 Å². The van der Waals surface area contributed by atoms with E-state index in [2.05, 4.69) is 10.1 Å². The van der Waals surface area contributed by atoms with Gasteiger partial charge in [-0.1, -0.05) is 29.3 Å². The Balaban J connectivity index is 2.41. The molecule has 1 aromatic rings. The average molecular weight is 274 g/mol. The second-order valence-electron chi connectivity index (χ2n) is 2.82. The summed E-state index contributed by atoms with van der Waals surface area (Å²) in [6.07, 6.45) is -4.61. The molecule has 0 fully saturated rings. The Morgan fingerprint density at radius 1 is 1.25 bits per heavy atom. The molecule has 16 heavy (non-hydrogen) atoms. The molecule has 0 aromatic heterocycles. The van der Waals surface area contributed by atoms with Crippen LogP contribution in [-0.4, -0.2) is 19.5 Å². The van der Waals surface area contributed by atoms with Gasteiger partial charge in [0.25, 0.3) is 0 Å². The van der Waals surface area contributed by atoms with E-state index in [1.165, 1.54) is 0 Å². The van der Waals surface area contributed by atoms with Crippen LogP contribution < -0.4 is 5.32 Å². The molecule has 0 aliphatic carbocycles. The van der Waals surface area contributed by atoms with Crippen molar-refractivity contribution >= 4 is 28.9 Å². The standard InChI is InChI=1S/C9H8Cl2F3NO/c10-6-2-1-3-7(8(6)11)15-4-5-16-9(12,13)14/h1-3,15H,4-5H2. The van der Waals surface area contributed by atoms with E-state index in [0.717, 1.165) is 0 Å². The zero-order valence-corrected chi connectivity index (χ0v) is 9.46. The van der Waals surface area contributed by atoms with Gasteiger partial charge in [0.05, 0.1) is 22.3 Å². The molecule has 0 amide bonds. The molecular weight excluding hydrogens is 266 g/mol. The first kappa shape index (κ1) is 13.4. The van der Waals surface area contributed by atoms with E-state index in [4.69, 9.17) is 23.2 Å². The van der Waals surface area contributed by atoms with E-state index in [9.17, 15) is 13.2 Å². The van der Waals surface area contributed by atoms with Crippen molar-refractivity contribution in [3.8, 4) is 0 Å². The maximum Gasteiger partial charge on any atom is 0.522 e. The Hall–Kier alpha value is -0.650. The second-order valence-corrected chi connectivity index (χ2v) is 3.61. The minimum atomic E-state index is -4.61. The van der Waals surface area contributed by atoms with Crippen LogP contribution in [0, 0.1) is 0 Å². The van der Waals surface area contributed by atoms with Gasteiger partial charge in [-0.15, -0.1) is 13.2 Å². The first-order chi connectivity index (χ1) is 7.40. The molecule has 0 atom stereocenters. The number of alkyl halides is 3. The molecule has 7 heteroatoms. The summed E-state index contributed by atoms with van der Waals surface area (Å²) in [4.78, 5) is 0. The molecular formula is C9H8Cl2F3NO. The third-order valence-corrected chi connectivity index (χ3v) is 2.45.